The average Bonchev–Trinajstić information content (AvgIpc) is 2.12. The summed E-state index contributed by atoms with van der Waals surface area (Å²) in [6.07, 6.45) is 1.06. The molecule has 0 heterocycles. The van der Waals surface area contributed by atoms with Crippen molar-refractivity contribution in [3.05, 3.63) is 12.7 Å². The van der Waals surface area contributed by atoms with Crippen molar-refractivity contribution in [1.29, 1.82) is 0 Å². The molecule has 0 unspecified atom stereocenters. The van der Waals surface area contributed by atoms with Crippen LogP contribution in [-0.4, -0.2) is 27.5 Å². The fraction of sp³-hybridized carbons (Fsp3) is 0.667. The summed E-state index contributed by atoms with van der Waals surface area (Å²) >= 11 is 0. The predicted octanol–water partition coefficient (Wildman–Crippen LogP) is 1.89. The maximum Gasteiger partial charge on any atom is 0.365 e. The van der Waals surface area contributed by atoms with Crippen molar-refractivity contribution in [2.45, 2.75) is 26.1 Å². The van der Waals surface area contributed by atoms with Gasteiger partial charge < -0.3 is 4.43 Å². The van der Waals surface area contributed by atoms with Crippen molar-refractivity contribution in [3.8, 4) is 0 Å². The Morgan fingerprint density at radius 1 is 1.50 bits per heavy atom. The molecule has 0 spiro atoms. The summed E-state index contributed by atoms with van der Waals surface area (Å²) in [5, 5.41) is 0. The van der Waals surface area contributed by atoms with E-state index in [-0.39, 0.29) is 0 Å². The second-order valence-electron chi connectivity index (χ2n) is 3.37. The van der Waals surface area contributed by atoms with E-state index >= 15 is 0 Å². The minimum Gasteiger partial charge on any atom is -0.418 e. The van der Waals surface area contributed by atoms with Gasteiger partial charge in [-0.1, -0.05) is 6.58 Å². The van der Waals surface area contributed by atoms with Gasteiger partial charge in [-0.25, -0.2) is 4.79 Å². The van der Waals surface area contributed by atoms with E-state index in [2.05, 4.69) is 24.6 Å². The Kier molecular flexibility index (Phi) is 6.43. The lowest BCUT2D eigenvalue weighted by Gasteiger charge is -2.20. The minimum atomic E-state index is -1.63. The van der Waals surface area contributed by atoms with Gasteiger partial charge in [-0.2, -0.15) is 4.89 Å². The highest BCUT2D eigenvalue weighted by molar-refractivity contribution is 6.71. The predicted molar refractivity (Wildman–Crippen MR) is 56.2 cm³/mol. The van der Waals surface area contributed by atoms with Crippen molar-refractivity contribution in [2.75, 3.05) is 13.2 Å². The molecule has 0 rings (SSSR count). The van der Waals surface area contributed by atoms with Crippen LogP contribution in [0.3, 0.4) is 0 Å². The lowest BCUT2D eigenvalue weighted by molar-refractivity contribution is -0.264. The molecule has 14 heavy (non-hydrogen) atoms. The summed E-state index contributed by atoms with van der Waals surface area (Å²) in [5.41, 5.74) is 0. The van der Waals surface area contributed by atoms with Crippen molar-refractivity contribution < 1.29 is 19.0 Å². The van der Waals surface area contributed by atoms with Crippen LogP contribution in [-0.2, 0) is 19.0 Å². The van der Waals surface area contributed by atoms with Crippen LogP contribution in [0.5, 0.6) is 0 Å². The lowest BCUT2D eigenvalue weighted by atomic mass is 10.7. The highest BCUT2D eigenvalue weighted by Crippen LogP contribution is 2.10. The van der Waals surface area contributed by atoms with Gasteiger partial charge in [-0.05, 0) is 26.1 Å². The smallest absolute Gasteiger partial charge is 0.365 e. The number of carbonyl (C=O) groups excluding carboxylic acids is 1. The minimum absolute atomic E-state index is 0.374. The summed E-state index contributed by atoms with van der Waals surface area (Å²) in [4.78, 5) is 19.7. The van der Waals surface area contributed by atoms with Crippen molar-refractivity contribution in [3.63, 3.8) is 0 Å². The summed E-state index contributed by atoms with van der Waals surface area (Å²) in [5.74, 6) is -0.569. The Morgan fingerprint density at radius 3 is 2.64 bits per heavy atom. The monoisotopic (exact) mass is 218 g/mol. The average molecular weight is 218 g/mol. The van der Waals surface area contributed by atoms with Gasteiger partial charge in [0.1, 0.15) is 0 Å². The van der Waals surface area contributed by atoms with E-state index in [1.54, 1.807) is 0 Å². The van der Waals surface area contributed by atoms with Gasteiger partial charge in [0.05, 0.1) is 6.61 Å². The highest BCUT2D eigenvalue weighted by Gasteiger charge is 2.21. The number of hydrogen-bond donors (Lipinski definition) is 0. The van der Waals surface area contributed by atoms with Crippen LogP contribution in [0.2, 0.25) is 19.1 Å². The molecule has 82 valence electrons. The van der Waals surface area contributed by atoms with Crippen LogP contribution in [0.4, 0.5) is 0 Å². The first-order valence-electron chi connectivity index (χ1n) is 4.61. The van der Waals surface area contributed by atoms with E-state index in [0.717, 1.165) is 12.1 Å². The Morgan fingerprint density at radius 2 is 2.14 bits per heavy atom. The van der Waals surface area contributed by atoms with Crippen LogP contribution in [0.1, 0.15) is 6.92 Å². The van der Waals surface area contributed by atoms with E-state index in [1.807, 2.05) is 6.92 Å². The first-order valence-corrected chi connectivity index (χ1v) is 7.73. The van der Waals surface area contributed by atoms with Crippen LogP contribution >= 0.6 is 0 Å². The normalized spacial score (nSPS) is 11.1. The molecule has 0 saturated heterocycles. The summed E-state index contributed by atoms with van der Waals surface area (Å²) in [6.45, 7) is 10.5. The van der Waals surface area contributed by atoms with Gasteiger partial charge in [0.2, 0.25) is 0 Å². The third kappa shape index (κ3) is 6.82. The first-order chi connectivity index (χ1) is 6.52. The van der Waals surface area contributed by atoms with Crippen LogP contribution in [0, 0.1) is 0 Å². The molecule has 0 N–H and O–H groups in total. The quantitative estimate of drug-likeness (QED) is 0.215. The zero-order valence-corrected chi connectivity index (χ0v) is 10.0. The van der Waals surface area contributed by atoms with Gasteiger partial charge in [0.25, 0.3) is 0 Å². The van der Waals surface area contributed by atoms with Gasteiger partial charge in [-0.3, -0.25) is 4.89 Å². The molecule has 0 bridgehead atoms. The molecule has 0 aliphatic carbocycles. The Hall–Kier alpha value is -0.653. The molecule has 0 aliphatic heterocycles. The summed E-state index contributed by atoms with van der Waals surface area (Å²) in [7, 11) is -1.63. The van der Waals surface area contributed by atoms with Gasteiger partial charge in [0, 0.05) is 12.7 Å². The largest absolute Gasteiger partial charge is 0.418 e. The number of hydrogen-bond acceptors (Lipinski definition) is 4. The third-order valence-electron chi connectivity index (χ3n) is 1.63. The molecule has 0 amide bonds. The summed E-state index contributed by atoms with van der Waals surface area (Å²) in [6, 6.07) is 0.797. The molecular formula is C9H18O4Si. The third-order valence-corrected chi connectivity index (χ3v) is 4.11. The molecule has 0 aromatic heterocycles. The second kappa shape index (κ2) is 6.75. The number of rotatable bonds is 7. The van der Waals surface area contributed by atoms with Crippen LogP contribution in [0.25, 0.3) is 0 Å². The van der Waals surface area contributed by atoms with Crippen molar-refractivity contribution in [2.24, 2.45) is 0 Å². The van der Waals surface area contributed by atoms with E-state index in [0.29, 0.717) is 13.2 Å². The fourth-order valence-electron chi connectivity index (χ4n) is 0.884. The van der Waals surface area contributed by atoms with Crippen LogP contribution < -0.4 is 0 Å². The fourth-order valence-corrected chi connectivity index (χ4v) is 2.38. The molecule has 0 aliphatic rings. The Balaban J connectivity index is 3.53. The zero-order valence-electron chi connectivity index (χ0n) is 9.04. The Bertz CT molecular complexity index is 191. The maximum atomic E-state index is 10.6. The van der Waals surface area contributed by atoms with E-state index in [9.17, 15) is 4.79 Å². The molecule has 0 radical (unpaired) electrons. The Labute approximate surface area is 85.9 Å². The first kappa shape index (κ1) is 13.3. The maximum absolute atomic E-state index is 10.6. The molecule has 0 fully saturated rings. The number of carbonyl (C=O) groups is 1. The molecule has 0 aromatic carbocycles. The van der Waals surface area contributed by atoms with Gasteiger partial charge in [-0.15, -0.1) is 0 Å². The topological polar surface area (TPSA) is 44.8 Å². The molecule has 5 heteroatoms. The molecule has 0 saturated carbocycles. The lowest BCUT2D eigenvalue weighted by Crippen LogP contribution is -2.31. The molecular weight excluding hydrogens is 200 g/mol. The van der Waals surface area contributed by atoms with Gasteiger partial charge >= 0.3 is 5.97 Å². The van der Waals surface area contributed by atoms with Crippen LogP contribution in [0.15, 0.2) is 12.7 Å². The van der Waals surface area contributed by atoms with Crippen molar-refractivity contribution >= 4 is 14.3 Å². The van der Waals surface area contributed by atoms with Gasteiger partial charge in [0.15, 0.2) is 8.32 Å². The highest BCUT2D eigenvalue weighted by atomic mass is 28.4. The standard InChI is InChI=1S/C9H18O4Si/c1-5-9(10)13-11-7-8-14(3,4)12-6-2/h5H,1,6-8H2,2-4H3. The molecule has 4 nitrogen and oxygen atoms in total. The molecule has 0 atom stereocenters. The van der Waals surface area contributed by atoms with E-state index in [4.69, 9.17) is 9.31 Å². The van der Waals surface area contributed by atoms with E-state index in [1.165, 1.54) is 0 Å². The van der Waals surface area contributed by atoms with Crippen molar-refractivity contribution in [1.82, 2.24) is 0 Å². The summed E-state index contributed by atoms with van der Waals surface area (Å²) < 4.78 is 5.56. The zero-order chi connectivity index (χ0) is 11.0. The van der Waals surface area contributed by atoms with E-state index < -0.39 is 14.3 Å². The SMILES string of the molecule is C=CC(=O)OOCC[Si](C)(C)OCC. The second-order valence-corrected chi connectivity index (χ2v) is 7.68. The molecule has 0 aromatic rings.